The minimum atomic E-state index is -0.898. The van der Waals surface area contributed by atoms with Gasteiger partial charge in [0.2, 0.25) is 0 Å². The van der Waals surface area contributed by atoms with Gasteiger partial charge in [-0.05, 0) is 41.5 Å². The molecule has 0 aliphatic heterocycles. The Morgan fingerprint density at radius 2 is 1.61 bits per heavy atom. The monoisotopic (exact) mass is 336 g/mol. The van der Waals surface area contributed by atoms with Crippen molar-refractivity contribution in [2.75, 3.05) is 6.61 Å². The van der Waals surface area contributed by atoms with Crippen molar-refractivity contribution in [2.24, 2.45) is 0 Å². The summed E-state index contributed by atoms with van der Waals surface area (Å²) in [5.41, 5.74) is 0.313. The summed E-state index contributed by atoms with van der Waals surface area (Å²) in [6, 6.07) is 10.9. The van der Waals surface area contributed by atoms with E-state index in [1.165, 1.54) is 32.1 Å². The van der Waals surface area contributed by atoms with Crippen LogP contribution in [0.3, 0.4) is 0 Å². The van der Waals surface area contributed by atoms with Gasteiger partial charge in [-0.25, -0.2) is 4.79 Å². The second-order valence-electron chi connectivity index (χ2n) is 5.65. The molecule has 2 rings (SSSR count). The Morgan fingerprint density at radius 1 is 0.957 bits per heavy atom. The van der Waals surface area contributed by atoms with E-state index in [9.17, 15) is 4.79 Å². The molecule has 0 unspecified atom stereocenters. The van der Waals surface area contributed by atoms with Gasteiger partial charge in [-0.3, -0.25) is 0 Å². The molecule has 0 amide bonds. The molecular weight excluding hydrogens is 312 g/mol. The van der Waals surface area contributed by atoms with Crippen molar-refractivity contribution >= 4 is 29.1 Å². The summed E-state index contributed by atoms with van der Waals surface area (Å²) in [6.45, 7) is 2.97. The SMILES string of the molecule is CCCCCCCCOc1ccc2cc(C(=O)O)ccc2c1.Cl. The molecule has 126 valence electrons. The summed E-state index contributed by atoms with van der Waals surface area (Å²) in [4.78, 5) is 11.0. The fraction of sp³-hybridized carbons (Fsp3) is 0.421. The van der Waals surface area contributed by atoms with Crippen LogP contribution in [0.2, 0.25) is 0 Å². The highest BCUT2D eigenvalue weighted by atomic mass is 35.5. The zero-order valence-electron chi connectivity index (χ0n) is 13.6. The lowest BCUT2D eigenvalue weighted by Crippen LogP contribution is -1.98. The number of carboxylic acid groups (broad SMARTS) is 1. The van der Waals surface area contributed by atoms with Crippen LogP contribution >= 0.6 is 12.4 Å². The number of rotatable bonds is 9. The Hall–Kier alpha value is -1.74. The third kappa shape index (κ3) is 6.11. The Kier molecular flexibility index (Phi) is 8.49. The molecule has 1 N–H and O–H groups in total. The molecule has 0 bridgehead atoms. The molecule has 0 aliphatic rings. The van der Waals surface area contributed by atoms with Gasteiger partial charge in [-0.15, -0.1) is 12.4 Å². The standard InChI is InChI=1S/C19H24O3.ClH/c1-2-3-4-5-6-7-12-22-18-11-10-15-13-17(19(20)21)9-8-16(15)14-18;/h8-11,13-14H,2-7,12H2,1H3,(H,20,21);1H. The van der Waals surface area contributed by atoms with Crippen molar-refractivity contribution < 1.29 is 14.6 Å². The molecular formula is C19H25ClO3. The second kappa shape index (κ2) is 10.1. The van der Waals surface area contributed by atoms with Gasteiger partial charge in [0, 0.05) is 0 Å². The first-order valence-electron chi connectivity index (χ1n) is 8.10. The van der Waals surface area contributed by atoms with E-state index in [-0.39, 0.29) is 12.4 Å². The third-order valence-electron chi connectivity index (χ3n) is 3.83. The molecule has 0 spiro atoms. The van der Waals surface area contributed by atoms with Crippen LogP contribution in [0, 0.1) is 0 Å². The summed E-state index contributed by atoms with van der Waals surface area (Å²) in [6.07, 6.45) is 7.50. The van der Waals surface area contributed by atoms with Crippen molar-refractivity contribution in [3.63, 3.8) is 0 Å². The van der Waals surface area contributed by atoms with Gasteiger partial charge < -0.3 is 9.84 Å². The number of fused-ring (bicyclic) bond motifs is 1. The lowest BCUT2D eigenvalue weighted by molar-refractivity contribution is 0.0697. The minimum Gasteiger partial charge on any atom is -0.494 e. The lowest BCUT2D eigenvalue weighted by Gasteiger charge is -2.08. The van der Waals surface area contributed by atoms with Crippen molar-refractivity contribution in [3.05, 3.63) is 42.0 Å². The van der Waals surface area contributed by atoms with Gasteiger partial charge >= 0.3 is 5.97 Å². The van der Waals surface area contributed by atoms with Crippen molar-refractivity contribution in [2.45, 2.75) is 45.4 Å². The summed E-state index contributed by atoms with van der Waals surface area (Å²) < 4.78 is 5.78. The minimum absolute atomic E-state index is 0. The maximum absolute atomic E-state index is 11.0. The van der Waals surface area contributed by atoms with E-state index in [2.05, 4.69) is 6.92 Å². The highest BCUT2D eigenvalue weighted by molar-refractivity contribution is 5.94. The highest BCUT2D eigenvalue weighted by Gasteiger charge is 2.04. The van der Waals surface area contributed by atoms with E-state index in [4.69, 9.17) is 9.84 Å². The maximum atomic E-state index is 11.0. The molecule has 2 aromatic rings. The third-order valence-corrected chi connectivity index (χ3v) is 3.83. The zero-order valence-corrected chi connectivity index (χ0v) is 14.4. The number of carbonyl (C=O) groups is 1. The molecule has 0 saturated carbocycles. The van der Waals surface area contributed by atoms with Gasteiger partial charge in [0.05, 0.1) is 12.2 Å². The van der Waals surface area contributed by atoms with Crippen molar-refractivity contribution in [1.29, 1.82) is 0 Å². The fourth-order valence-corrected chi connectivity index (χ4v) is 2.52. The number of hydrogen-bond acceptors (Lipinski definition) is 2. The van der Waals surface area contributed by atoms with E-state index >= 15 is 0 Å². The molecule has 0 atom stereocenters. The highest BCUT2D eigenvalue weighted by Crippen LogP contribution is 2.22. The lowest BCUT2D eigenvalue weighted by atomic mass is 10.1. The molecule has 0 fully saturated rings. The fourth-order valence-electron chi connectivity index (χ4n) is 2.52. The van der Waals surface area contributed by atoms with Crippen LogP contribution < -0.4 is 4.74 Å². The quantitative estimate of drug-likeness (QED) is 0.597. The Bertz CT molecular complexity index is 625. The average molecular weight is 337 g/mol. The first kappa shape index (κ1) is 19.3. The van der Waals surface area contributed by atoms with Gasteiger partial charge in [-0.2, -0.15) is 0 Å². The molecule has 0 radical (unpaired) electrons. The van der Waals surface area contributed by atoms with Crippen molar-refractivity contribution in [1.82, 2.24) is 0 Å². The predicted molar refractivity (Wildman–Crippen MR) is 97.0 cm³/mol. The zero-order chi connectivity index (χ0) is 15.8. The largest absolute Gasteiger partial charge is 0.494 e. The van der Waals surface area contributed by atoms with Gasteiger partial charge in [-0.1, -0.05) is 51.2 Å². The number of aromatic carboxylic acids is 1. The molecule has 0 heterocycles. The Morgan fingerprint density at radius 3 is 2.35 bits per heavy atom. The number of hydrogen-bond donors (Lipinski definition) is 1. The van der Waals surface area contributed by atoms with E-state index in [1.54, 1.807) is 12.1 Å². The molecule has 2 aromatic carbocycles. The molecule has 3 nitrogen and oxygen atoms in total. The van der Waals surface area contributed by atoms with Crippen LogP contribution in [0.1, 0.15) is 55.8 Å². The first-order valence-corrected chi connectivity index (χ1v) is 8.10. The van der Waals surface area contributed by atoms with Gasteiger partial charge in [0.15, 0.2) is 0 Å². The normalized spacial score (nSPS) is 10.3. The van der Waals surface area contributed by atoms with Crippen LogP contribution in [-0.2, 0) is 0 Å². The summed E-state index contributed by atoms with van der Waals surface area (Å²) >= 11 is 0. The number of ether oxygens (including phenoxy) is 1. The van der Waals surface area contributed by atoms with Crippen LogP contribution in [-0.4, -0.2) is 17.7 Å². The number of unbranched alkanes of at least 4 members (excludes halogenated alkanes) is 5. The molecule has 23 heavy (non-hydrogen) atoms. The van der Waals surface area contributed by atoms with E-state index in [0.717, 1.165) is 29.5 Å². The van der Waals surface area contributed by atoms with Crippen LogP contribution in [0.5, 0.6) is 5.75 Å². The number of carboxylic acids is 1. The smallest absolute Gasteiger partial charge is 0.335 e. The second-order valence-corrected chi connectivity index (χ2v) is 5.65. The summed E-state index contributed by atoms with van der Waals surface area (Å²) in [7, 11) is 0. The van der Waals surface area contributed by atoms with Gasteiger partial charge in [0.1, 0.15) is 5.75 Å². The Balaban J connectivity index is 0.00000264. The van der Waals surface area contributed by atoms with E-state index in [1.807, 2.05) is 24.3 Å². The van der Waals surface area contributed by atoms with Crippen LogP contribution in [0.4, 0.5) is 0 Å². The van der Waals surface area contributed by atoms with E-state index < -0.39 is 5.97 Å². The Labute approximate surface area is 144 Å². The molecule has 0 saturated heterocycles. The summed E-state index contributed by atoms with van der Waals surface area (Å²) in [5, 5.41) is 10.9. The maximum Gasteiger partial charge on any atom is 0.335 e. The summed E-state index contributed by atoms with van der Waals surface area (Å²) in [5.74, 6) is -0.0468. The van der Waals surface area contributed by atoms with E-state index in [0.29, 0.717) is 5.56 Å². The number of benzene rings is 2. The molecule has 4 heteroatoms. The number of halogens is 1. The molecule has 0 aromatic heterocycles. The van der Waals surface area contributed by atoms with Crippen LogP contribution in [0.25, 0.3) is 10.8 Å². The average Bonchev–Trinajstić information content (AvgIpc) is 2.53. The van der Waals surface area contributed by atoms with Crippen LogP contribution in [0.15, 0.2) is 36.4 Å². The topological polar surface area (TPSA) is 46.5 Å². The van der Waals surface area contributed by atoms with Crippen molar-refractivity contribution in [3.8, 4) is 5.75 Å². The predicted octanol–water partition coefficient (Wildman–Crippen LogP) is 5.70. The first-order chi connectivity index (χ1) is 10.7. The van der Waals surface area contributed by atoms with Gasteiger partial charge in [0.25, 0.3) is 0 Å². The molecule has 0 aliphatic carbocycles.